The van der Waals surface area contributed by atoms with E-state index in [1.807, 2.05) is 29.6 Å². The van der Waals surface area contributed by atoms with Crippen LogP contribution in [0.5, 0.6) is 0 Å². The van der Waals surface area contributed by atoms with Crippen LogP contribution >= 0.6 is 11.3 Å². The van der Waals surface area contributed by atoms with E-state index in [2.05, 4.69) is 0 Å². The summed E-state index contributed by atoms with van der Waals surface area (Å²) in [6, 6.07) is 7.84. The van der Waals surface area contributed by atoms with Gasteiger partial charge in [-0.2, -0.15) is 0 Å². The first kappa shape index (κ1) is 12.1. The van der Waals surface area contributed by atoms with E-state index < -0.39 is 6.10 Å². The summed E-state index contributed by atoms with van der Waals surface area (Å²) >= 11 is 1.57. The van der Waals surface area contributed by atoms with Crippen molar-refractivity contribution >= 4 is 27.4 Å². The molecule has 2 aromatic rings. The molecule has 0 aliphatic heterocycles. The van der Waals surface area contributed by atoms with Crippen LogP contribution in [-0.2, 0) is 9.53 Å². The minimum Gasteiger partial charge on any atom is -0.466 e. The van der Waals surface area contributed by atoms with E-state index in [0.717, 1.165) is 15.6 Å². The molecule has 0 spiro atoms. The molecule has 0 fully saturated rings. The fourth-order valence-corrected chi connectivity index (χ4v) is 2.75. The van der Waals surface area contributed by atoms with Crippen molar-refractivity contribution in [2.75, 3.05) is 6.61 Å². The molecule has 1 atom stereocenters. The van der Waals surface area contributed by atoms with Crippen LogP contribution in [0.4, 0.5) is 0 Å². The molecule has 3 nitrogen and oxygen atoms in total. The Kier molecular flexibility index (Phi) is 3.76. The SMILES string of the molecule is CCOC(=O)C[C@@H](O)c1csc2ccccc12. The molecular formula is C13H14O3S. The van der Waals surface area contributed by atoms with Gasteiger partial charge in [0.05, 0.1) is 19.1 Å². The van der Waals surface area contributed by atoms with Crippen LogP contribution in [0.25, 0.3) is 10.1 Å². The normalized spacial score (nSPS) is 12.6. The maximum Gasteiger partial charge on any atom is 0.308 e. The van der Waals surface area contributed by atoms with Crippen molar-refractivity contribution in [3.8, 4) is 0 Å². The van der Waals surface area contributed by atoms with E-state index in [0.29, 0.717) is 6.61 Å². The summed E-state index contributed by atoms with van der Waals surface area (Å²) in [6.45, 7) is 2.10. The third-order valence-electron chi connectivity index (χ3n) is 2.54. The molecule has 1 aromatic carbocycles. The zero-order valence-electron chi connectivity index (χ0n) is 9.55. The van der Waals surface area contributed by atoms with Gasteiger partial charge in [0.1, 0.15) is 0 Å². The molecule has 2 rings (SSSR count). The first-order valence-electron chi connectivity index (χ1n) is 5.52. The Balaban J connectivity index is 2.19. The van der Waals surface area contributed by atoms with Gasteiger partial charge < -0.3 is 9.84 Å². The van der Waals surface area contributed by atoms with Gasteiger partial charge in [-0.25, -0.2) is 0 Å². The summed E-state index contributed by atoms with van der Waals surface area (Å²) in [5.74, 6) is -0.365. The third-order valence-corrected chi connectivity index (χ3v) is 3.52. The van der Waals surface area contributed by atoms with Crippen molar-refractivity contribution < 1.29 is 14.6 Å². The predicted octanol–water partition coefficient (Wildman–Crippen LogP) is 2.89. The van der Waals surface area contributed by atoms with Gasteiger partial charge >= 0.3 is 5.97 Å². The van der Waals surface area contributed by atoms with E-state index in [-0.39, 0.29) is 12.4 Å². The number of benzene rings is 1. The maximum atomic E-state index is 11.3. The summed E-state index contributed by atoms with van der Waals surface area (Å²) in [4.78, 5) is 11.3. The van der Waals surface area contributed by atoms with E-state index in [1.54, 1.807) is 18.3 Å². The van der Waals surface area contributed by atoms with Crippen LogP contribution in [0.2, 0.25) is 0 Å². The van der Waals surface area contributed by atoms with E-state index in [1.165, 1.54) is 0 Å². The van der Waals surface area contributed by atoms with Gasteiger partial charge in [-0.1, -0.05) is 18.2 Å². The molecule has 4 heteroatoms. The zero-order chi connectivity index (χ0) is 12.3. The van der Waals surface area contributed by atoms with Crippen molar-refractivity contribution in [3.63, 3.8) is 0 Å². The summed E-state index contributed by atoms with van der Waals surface area (Å²) in [6.07, 6.45) is -0.778. The third kappa shape index (κ3) is 2.65. The van der Waals surface area contributed by atoms with Crippen LogP contribution in [0.15, 0.2) is 29.6 Å². The Bertz CT molecular complexity index is 518. The van der Waals surface area contributed by atoms with Crippen LogP contribution in [0, 0.1) is 0 Å². The Morgan fingerprint density at radius 3 is 3.00 bits per heavy atom. The van der Waals surface area contributed by atoms with Gasteiger partial charge in [0.2, 0.25) is 0 Å². The minimum absolute atomic E-state index is 0.00850. The highest BCUT2D eigenvalue weighted by Crippen LogP contribution is 2.31. The molecule has 0 radical (unpaired) electrons. The summed E-state index contributed by atoms with van der Waals surface area (Å²) in [7, 11) is 0. The maximum absolute atomic E-state index is 11.3. The second-order valence-corrected chi connectivity index (χ2v) is 4.62. The van der Waals surface area contributed by atoms with Crippen LogP contribution < -0.4 is 0 Å². The molecule has 1 heterocycles. The first-order valence-corrected chi connectivity index (χ1v) is 6.40. The van der Waals surface area contributed by atoms with Gasteiger partial charge in [0, 0.05) is 4.70 Å². The lowest BCUT2D eigenvalue weighted by Crippen LogP contribution is -2.09. The molecule has 17 heavy (non-hydrogen) atoms. The number of carbonyl (C=O) groups excluding carboxylic acids is 1. The Morgan fingerprint density at radius 1 is 1.47 bits per heavy atom. The standard InChI is InChI=1S/C13H14O3S/c1-2-16-13(15)7-11(14)10-8-17-12-6-4-3-5-9(10)12/h3-6,8,11,14H,2,7H2,1H3/t11-/m1/s1. The fraction of sp³-hybridized carbons (Fsp3) is 0.308. The predicted molar refractivity (Wildman–Crippen MR) is 68.0 cm³/mol. The second-order valence-electron chi connectivity index (χ2n) is 3.71. The van der Waals surface area contributed by atoms with Gasteiger partial charge in [-0.05, 0) is 29.3 Å². The van der Waals surface area contributed by atoms with Gasteiger partial charge in [-0.15, -0.1) is 11.3 Å². The number of ether oxygens (including phenoxy) is 1. The first-order chi connectivity index (χ1) is 8.22. The highest BCUT2D eigenvalue weighted by atomic mass is 32.1. The number of hydrogen-bond acceptors (Lipinski definition) is 4. The van der Waals surface area contributed by atoms with Gasteiger partial charge in [0.25, 0.3) is 0 Å². The molecule has 0 aliphatic rings. The van der Waals surface area contributed by atoms with Crippen molar-refractivity contribution in [1.82, 2.24) is 0 Å². The number of carbonyl (C=O) groups is 1. The molecule has 0 saturated carbocycles. The molecule has 0 aliphatic carbocycles. The van der Waals surface area contributed by atoms with E-state index >= 15 is 0 Å². The number of hydrogen-bond donors (Lipinski definition) is 1. The molecule has 1 aromatic heterocycles. The number of thiophene rings is 1. The van der Waals surface area contributed by atoms with Crippen molar-refractivity contribution in [3.05, 3.63) is 35.2 Å². The molecule has 90 valence electrons. The average Bonchev–Trinajstić information content (AvgIpc) is 2.72. The second kappa shape index (κ2) is 5.29. The molecule has 1 N–H and O–H groups in total. The van der Waals surface area contributed by atoms with Gasteiger partial charge in [-0.3, -0.25) is 4.79 Å². The molecule has 0 amide bonds. The quantitative estimate of drug-likeness (QED) is 0.849. The van der Waals surface area contributed by atoms with Gasteiger partial charge in [0.15, 0.2) is 0 Å². The Hall–Kier alpha value is -1.39. The lowest BCUT2D eigenvalue weighted by molar-refractivity contribution is -0.145. The van der Waals surface area contributed by atoms with Crippen molar-refractivity contribution in [1.29, 1.82) is 0 Å². The lowest BCUT2D eigenvalue weighted by Gasteiger charge is -2.08. The number of esters is 1. The number of rotatable bonds is 4. The van der Waals surface area contributed by atoms with Crippen LogP contribution in [0.1, 0.15) is 25.0 Å². The van der Waals surface area contributed by atoms with Crippen LogP contribution in [-0.4, -0.2) is 17.7 Å². The lowest BCUT2D eigenvalue weighted by atomic mass is 10.1. The smallest absolute Gasteiger partial charge is 0.308 e. The highest BCUT2D eigenvalue weighted by Gasteiger charge is 2.17. The van der Waals surface area contributed by atoms with Crippen LogP contribution in [0.3, 0.4) is 0 Å². The van der Waals surface area contributed by atoms with Crippen molar-refractivity contribution in [2.45, 2.75) is 19.4 Å². The monoisotopic (exact) mass is 250 g/mol. The number of fused-ring (bicyclic) bond motifs is 1. The molecule has 0 unspecified atom stereocenters. The zero-order valence-corrected chi connectivity index (χ0v) is 10.4. The summed E-state index contributed by atoms with van der Waals surface area (Å²) in [5, 5.41) is 12.9. The summed E-state index contributed by atoms with van der Waals surface area (Å²) in [5.41, 5.74) is 0.804. The largest absolute Gasteiger partial charge is 0.466 e. The molecule has 0 bridgehead atoms. The number of aliphatic hydroxyl groups is 1. The van der Waals surface area contributed by atoms with Crippen molar-refractivity contribution in [2.24, 2.45) is 0 Å². The Morgan fingerprint density at radius 2 is 2.24 bits per heavy atom. The minimum atomic E-state index is -0.787. The Labute approximate surface area is 104 Å². The molecule has 0 saturated heterocycles. The number of aliphatic hydroxyl groups excluding tert-OH is 1. The topological polar surface area (TPSA) is 46.5 Å². The summed E-state index contributed by atoms with van der Waals surface area (Å²) < 4.78 is 5.94. The fourth-order valence-electron chi connectivity index (χ4n) is 1.74. The van der Waals surface area contributed by atoms with E-state index in [9.17, 15) is 9.90 Å². The highest BCUT2D eigenvalue weighted by molar-refractivity contribution is 7.17. The molecular weight excluding hydrogens is 236 g/mol. The average molecular weight is 250 g/mol. The van der Waals surface area contributed by atoms with E-state index in [4.69, 9.17) is 4.74 Å².